The number of halogens is 2. The average Bonchev–Trinajstić information content (AvgIpc) is 3.12. The molecule has 1 aliphatic heterocycles. The summed E-state index contributed by atoms with van der Waals surface area (Å²) in [5.41, 5.74) is 2.18. The second-order valence-electron chi connectivity index (χ2n) is 8.56. The SMILES string of the molecule is CCOC(=O)C1=C(C)N=c2s/c(=C\c3cc(Br)c(OC)c(Br)c3)c(=O)n2[C@H]1c1ccc(OC(C)C)cc1. The maximum atomic E-state index is 13.8. The third kappa shape index (κ3) is 5.61. The van der Waals surface area contributed by atoms with Crippen molar-refractivity contribution >= 4 is 55.2 Å². The maximum absolute atomic E-state index is 13.8. The predicted octanol–water partition coefficient (Wildman–Crippen LogP) is 5.12. The summed E-state index contributed by atoms with van der Waals surface area (Å²) in [6.45, 7) is 7.65. The molecule has 0 bridgehead atoms. The average molecular weight is 650 g/mol. The lowest BCUT2D eigenvalue weighted by atomic mass is 9.96. The molecule has 0 saturated heterocycles. The van der Waals surface area contributed by atoms with Crippen molar-refractivity contribution in [1.82, 2.24) is 4.57 Å². The Morgan fingerprint density at radius 2 is 1.84 bits per heavy atom. The minimum Gasteiger partial charge on any atom is -0.494 e. The number of thiazole rings is 1. The van der Waals surface area contributed by atoms with E-state index >= 15 is 0 Å². The molecule has 1 aliphatic rings. The topological polar surface area (TPSA) is 79.1 Å². The van der Waals surface area contributed by atoms with Gasteiger partial charge in [0.1, 0.15) is 11.5 Å². The van der Waals surface area contributed by atoms with Crippen LogP contribution in [0.4, 0.5) is 0 Å². The maximum Gasteiger partial charge on any atom is 0.338 e. The summed E-state index contributed by atoms with van der Waals surface area (Å²) in [5.74, 6) is 0.881. The Kier molecular flexibility index (Phi) is 8.40. The number of fused-ring (bicyclic) bond motifs is 1. The smallest absolute Gasteiger partial charge is 0.338 e. The zero-order valence-electron chi connectivity index (χ0n) is 21.0. The second kappa shape index (κ2) is 11.4. The molecule has 1 atom stereocenters. The molecule has 3 aromatic rings. The molecule has 0 saturated carbocycles. The summed E-state index contributed by atoms with van der Waals surface area (Å²) in [6, 6.07) is 10.5. The molecular formula is C27H26Br2N2O5S. The first kappa shape index (κ1) is 27.3. The van der Waals surface area contributed by atoms with Crippen molar-refractivity contribution in [3.63, 3.8) is 0 Å². The second-order valence-corrected chi connectivity index (χ2v) is 11.3. The Balaban J connectivity index is 1.90. The van der Waals surface area contributed by atoms with E-state index in [-0.39, 0.29) is 18.3 Å². The Hall–Kier alpha value is -2.69. The number of methoxy groups -OCH3 is 1. The van der Waals surface area contributed by atoms with E-state index in [9.17, 15) is 9.59 Å². The van der Waals surface area contributed by atoms with Gasteiger partial charge in [-0.1, -0.05) is 23.5 Å². The van der Waals surface area contributed by atoms with Crippen LogP contribution in [-0.2, 0) is 9.53 Å². The minimum atomic E-state index is -0.681. The summed E-state index contributed by atoms with van der Waals surface area (Å²) in [4.78, 5) is 32.0. The zero-order valence-corrected chi connectivity index (χ0v) is 25.0. The van der Waals surface area contributed by atoms with Gasteiger partial charge in [0.05, 0.1) is 50.6 Å². The number of nitrogens with zero attached hydrogens (tertiary/aromatic N) is 2. The van der Waals surface area contributed by atoms with Crippen LogP contribution in [0.25, 0.3) is 6.08 Å². The van der Waals surface area contributed by atoms with E-state index in [1.165, 1.54) is 11.3 Å². The van der Waals surface area contributed by atoms with E-state index in [1.807, 2.05) is 50.2 Å². The molecule has 0 fully saturated rings. The van der Waals surface area contributed by atoms with Gasteiger partial charge >= 0.3 is 5.97 Å². The number of carbonyl (C=O) groups is 1. The third-order valence-corrected chi connectivity index (χ3v) is 7.77. The van der Waals surface area contributed by atoms with Gasteiger partial charge in [0.15, 0.2) is 4.80 Å². The zero-order chi connectivity index (χ0) is 26.9. The highest BCUT2D eigenvalue weighted by atomic mass is 79.9. The van der Waals surface area contributed by atoms with Gasteiger partial charge in [-0.3, -0.25) is 9.36 Å². The molecule has 0 N–H and O–H groups in total. The van der Waals surface area contributed by atoms with Gasteiger partial charge in [-0.05, 0) is 101 Å². The number of allylic oxidation sites excluding steroid dienone is 1. The Morgan fingerprint density at radius 1 is 1.19 bits per heavy atom. The number of hydrogen-bond acceptors (Lipinski definition) is 7. The molecule has 194 valence electrons. The fourth-order valence-corrected chi connectivity index (χ4v) is 6.71. The highest BCUT2D eigenvalue weighted by Gasteiger charge is 2.33. The third-order valence-electron chi connectivity index (χ3n) is 5.61. The molecule has 4 rings (SSSR count). The molecule has 2 aromatic carbocycles. The van der Waals surface area contributed by atoms with Crippen LogP contribution in [-0.4, -0.2) is 30.4 Å². The molecule has 0 spiro atoms. The Bertz CT molecular complexity index is 1530. The molecule has 0 radical (unpaired) electrons. The first-order chi connectivity index (χ1) is 17.6. The van der Waals surface area contributed by atoms with Gasteiger partial charge in [0.2, 0.25) is 0 Å². The lowest BCUT2D eigenvalue weighted by molar-refractivity contribution is -0.139. The lowest BCUT2D eigenvalue weighted by Gasteiger charge is -2.25. The molecule has 1 aromatic heterocycles. The van der Waals surface area contributed by atoms with Crippen molar-refractivity contribution in [2.45, 2.75) is 39.8 Å². The van der Waals surface area contributed by atoms with Crippen LogP contribution in [0.15, 0.2) is 66.4 Å². The number of hydrogen-bond donors (Lipinski definition) is 0. The monoisotopic (exact) mass is 648 g/mol. The summed E-state index contributed by atoms with van der Waals surface area (Å²) in [5, 5.41) is 0. The number of carbonyl (C=O) groups excluding carboxylic acids is 1. The van der Waals surface area contributed by atoms with Crippen LogP contribution in [0.2, 0.25) is 0 Å². The van der Waals surface area contributed by atoms with Crippen LogP contribution in [0, 0.1) is 0 Å². The van der Waals surface area contributed by atoms with Crippen LogP contribution < -0.4 is 24.4 Å². The first-order valence-electron chi connectivity index (χ1n) is 11.6. The van der Waals surface area contributed by atoms with E-state index in [1.54, 1.807) is 31.6 Å². The Morgan fingerprint density at radius 3 is 2.41 bits per heavy atom. The van der Waals surface area contributed by atoms with Gasteiger partial charge in [-0.2, -0.15) is 0 Å². The van der Waals surface area contributed by atoms with Gasteiger partial charge in [-0.15, -0.1) is 0 Å². The first-order valence-corrected chi connectivity index (χ1v) is 14.0. The van der Waals surface area contributed by atoms with Crippen molar-refractivity contribution < 1.29 is 19.0 Å². The van der Waals surface area contributed by atoms with E-state index < -0.39 is 12.0 Å². The fraction of sp³-hybridized carbons (Fsp3) is 0.296. The normalized spacial score (nSPS) is 15.5. The summed E-state index contributed by atoms with van der Waals surface area (Å²) in [6.07, 6.45) is 1.83. The van der Waals surface area contributed by atoms with Crippen molar-refractivity contribution in [3.05, 3.63) is 87.4 Å². The van der Waals surface area contributed by atoms with E-state index in [4.69, 9.17) is 14.2 Å². The minimum absolute atomic E-state index is 0.0267. The van der Waals surface area contributed by atoms with Crippen LogP contribution in [0.1, 0.15) is 44.9 Å². The number of ether oxygens (including phenoxy) is 3. The van der Waals surface area contributed by atoms with Crippen molar-refractivity contribution in [3.8, 4) is 11.5 Å². The molecule has 37 heavy (non-hydrogen) atoms. The number of aromatic nitrogens is 1. The summed E-state index contributed by atoms with van der Waals surface area (Å²) < 4.78 is 20.1. The predicted molar refractivity (Wildman–Crippen MR) is 151 cm³/mol. The highest BCUT2D eigenvalue weighted by Crippen LogP contribution is 2.35. The Labute approximate surface area is 235 Å². The van der Waals surface area contributed by atoms with Gasteiger partial charge in [0, 0.05) is 0 Å². The van der Waals surface area contributed by atoms with Gasteiger partial charge < -0.3 is 14.2 Å². The molecule has 7 nitrogen and oxygen atoms in total. The number of esters is 1. The van der Waals surface area contributed by atoms with Gasteiger partial charge in [-0.25, -0.2) is 9.79 Å². The lowest BCUT2D eigenvalue weighted by Crippen LogP contribution is -2.39. The largest absolute Gasteiger partial charge is 0.494 e. The number of benzene rings is 2. The van der Waals surface area contributed by atoms with Gasteiger partial charge in [0.25, 0.3) is 5.56 Å². The van der Waals surface area contributed by atoms with Crippen LogP contribution >= 0.6 is 43.2 Å². The summed E-state index contributed by atoms with van der Waals surface area (Å²) in [7, 11) is 1.59. The molecule has 2 heterocycles. The highest BCUT2D eigenvalue weighted by molar-refractivity contribution is 9.11. The van der Waals surface area contributed by atoms with E-state index in [2.05, 4.69) is 36.9 Å². The van der Waals surface area contributed by atoms with Crippen LogP contribution in [0.5, 0.6) is 11.5 Å². The molecule has 10 heteroatoms. The van der Waals surface area contributed by atoms with Crippen LogP contribution in [0.3, 0.4) is 0 Å². The molecule has 0 unspecified atom stereocenters. The standard InChI is InChI=1S/C27H26Br2N2O5S/c1-6-35-26(33)22-15(4)30-27-31(23(22)17-7-9-18(10-8-17)36-14(2)3)25(32)21(37-27)13-16-11-19(28)24(34-5)20(29)12-16/h7-14,23H,6H2,1-5H3/b21-13-/t23-/m0/s1. The van der Waals surface area contributed by atoms with Crippen molar-refractivity contribution in [2.75, 3.05) is 13.7 Å². The van der Waals surface area contributed by atoms with Crippen molar-refractivity contribution in [2.24, 2.45) is 4.99 Å². The molecule has 0 amide bonds. The van der Waals surface area contributed by atoms with E-state index in [0.29, 0.717) is 32.1 Å². The molecular weight excluding hydrogens is 624 g/mol. The number of rotatable bonds is 7. The van der Waals surface area contributed by atoms with E-state index in [0.717, 1.165) is 20.1 Å². The fourth-order valence-electron chi connectivity index (χ4n) is 4.12. The van der Waals surface area contributed by atoms with Crippen molar-refractivity contribution in [1.29, 1.82) is 0 Å². The molecule has 0 aliphatic carbocycles. The summed E-state index contributed by atoms with van der Waals surface area (Å²) >= 11 is 8.30. The quantitative estimate of drug-likeness (QED) is 0.332.